The fraction of sp³-hybridized carbons (Fsp3) is 0.333. The number of rotatable bonds is 7. The lowest BCUT2D eigenvalue weighted by Crippen LogP contribution is -2.39. The topological polar surface area (TPSA) is 99.1 Å². The first-order valence-corrected chi connectivity index (χ1v) is 11.9. The molecule has 3 N–H and O–H groups in total. The summed E-state index contributed by atoms with van der Waals surface area (Å²) >= 11 is 0.386. The summed E-state index contributed by atoms with van der Waals surface area (Å²) in [6, 6.07) is 6.95. The van der Waals surface area contributed by atoms with E-state index in [0.29, 0.717) is 17.8 Å². The van der Waals surface area contributed by atoms with Gasteiger partial charge in [0.15, 0.2) is 6.10 Å². The number of hydrogen-bond acceptors (Lipinski definition) is 6. The largest absolute Gasteiger partial charge is 0.418 e. The highest BCUT2D eigenvalue weighted by Gasteiger charge is 2.46. The molecule has 0 aliphatic carbocycles. The first kappa shape index (κ1) is 29.5. The molecule has 14 heteroatoms. The van der Waals surface area contributed by atoms with E-state index in [1.54, 1.807) is 0 Å². The van der Waals surface area contributed by atoms with E-state index < -0.39 is 58.5 Å². The van der Waals surface area contributed by atoms with E-state index in [0.717, 1.165) is 18.2 Å². The van der Waals surface area contributed by atoms with E-state index >= 15 is 0 Å². The minimum Gasteiger partial charge on any atom is -0.393 e. The monoisotopic (exact) mass is 564 g/mol. The molecule has 7 nitrogen and oxygen atoms in total. The molecule has 0 radical (unpaired) electrons. The Morgan fingerprint density at radius 1 is 1.05 bits per heavy atom. The predicted molar refractivity (Wildman–Crippen MR) is 125 cm³/mol. The van der Waals surface area contributed by atoms with E-state index in [-0.39, 0.29) is 36.9 Å². The smallest absolute Gasteiger partial charge is 0.393 e. The lowest BCUT2D eigenvalue weighted by Gasteiger charge is -2.25. The van der Waals surface area contributed by atoms with Crippen LogP contribution in [0, 0.1) is 0 Å². The van der Waals surface area contributed by atoms with Crippen molar-refractivity contribution in [3.8, 4) is 0 Å². The van der Waals surface area contributed by atoms with Crippen LogP contribution in [-0.2, 0) is 26.7 Å². The molecular formula is C24H22F6N2O5S. The van der Waals surface area contributed by atoms with Gasteiger partial charge in [0, 0.05) is 34.6 Å². The second-order valence-corrected chi connectivity index (χ2v) is 9.10. The summed E-state index contributed by atoms with van der Waals surface area (Å²) in [5.41, 5.74) is -4.63. The number of nitrogens with one attached hydrogen (secondary N) is 1. The Labute approximate surface area is 217 Å². The van der Waals surface area contributed by atoms with Crippen molar-refractivity contribution >= 4 is 35.3 Å². The van der Waals surface area contributed by atoms with Crippen LogP contribution in [0.2, 0.25) is 0 Å². The Kier molecular flexibility index (Phi) is 9.46. The van der Waals surface area contributed by atoms with Gasteiger partial charge in [-0.2, -0.15) is 26.3 Å². The minimum absolute atomic E-state index is 0.0401. The zero-order chi connectivity index (χ0) is 28.1. The lowest BCUT2D eigenvalue weighted by atomic mass is 9.99. The number of ether oxygens (including phenoxy) is 1. The van der Waals surface area contributed by atoms with Crippen molar-refractivity contribution in [2.75, 3.05) is 38.2 Å². The van der Waals surface area contributed by atoms with E-state index in [2.05, 4.69) is 5.32 Å². The number of morpholine rings is 1. The average Bonchev–Trinajstić information content (AvgIpc) is 2.86. The number of hydrogen-bond donors (Lipinski definition) is 3. The van der Waals surface area contributed by atoms with Gasteiger partial charge in [0.1, 0.15) is 0 Å². The van der Waals surface area contributed by atoms with Crippen molar-refractivity contribution < 1.29 is 50.9 Å². The molecule has 2 aromatic rings. The molecule has 1 aliphatic heterocycles. The summed E-state index contributed by atoms with van der Waals surface area (Å²) in [4.78, 5) is 24.7. The van der Waals surface area contributed by atoms with E-state index in [4.69, 9.17) is 9.84 Å². The molecular weight excluding hydrogens is 542 g/mol. The maximum atomic E-state index is 14.1. The molecule has 0 aromatic heterocycles. The molecule has 0 spiro atoms. The molecule has 206 valence electrons. The van der Waals surface area contributed by atoms with Crippen LogP contribution in [0.25, 0.3) is 6.08 Å². The molecule has 1 atom stereocenters. The number of carbonyl (C=O) groups is 2. The van der Waals surface area contributed by atoms with E-state index in [1.807, 2.05) is 0 Å². The van der Waals surface area contributed by atoms with Gasteiger partial charge in [-0.3, -0.25) is 9.59 Å². The molecule has 1 fully saturated rings. The van der Waals surface area contributed by atoms with Crippen molar-refractivity contribution in [3.63, 3.8) is 0 Å². The van der Waals surface area contributed by atoms with Gasteiger partial charge in [0.25, 0.3) is 5.91 Å². The molecule has 38 heavy (non-hydrogen) atoms. The van der Waals surface area contributed by atoms with Gasteiger partial charge >= 0.3 is 12.4 Å². The normalized spacial score (nSPS) is 15.5. The van der Waals surface area contributed by atoms with Crippen LogP contribution in [0.3, 0.4) is 0 Å². The van der Waals surface area contributed by atoms with Crippen LogP contribution in [0.1, 0.15) is 16.7 Å². The molecule has 1 heterocycles. The molecule has 2 amide bonds. The highest BCUT2D eigenvalue weighted by molar-refractivity contribution is 7.99. The van der Waals surface area contributed by atoms with Crippen molar-refractivity contribution in [2.24, 2.45) is 0 Å². The van der Waals surface area contributed by atoms with Gasteiger partial charge in [0.2, 0.25) is 5.91 Å². The van der Waals surface area contributed by atoms with Gasteiger partial charge in [-0.05, 0) is 35.9 Å². The third-order valence-corrected chi connectivity index (χ3v) is 6.35. The molecule has 1 saturated heterocycles. The fourth-order valence-electron chi connectivity index (χ4n) is 3.53. The number of carbonyl (C=O) groups excluding carboxylic acids is 2. The molecule has 0 bridgehead atoms. The summed E-state index contributed by atoms with van der Waals surface area (Å²) in [6.07, 6.45) is -11.0. The maximum absolute atomic E-state index is 14.1. The first-order chi connectivity index (χ1) is 17.8. The second-order valence-electron chi connectivity index (χ2n) is 7.99. The van der Waals surface area contributed by atoms with Crippen LogP contribution < -0.4 is 5.32 Å². The Morgan fingerprint density at radius 3 is 2.32 bits per heavy atom. The van der Waals surface area contributed by atoms with Crippen molar-refractivity contribution in [2.45, 2.75) is 28.2 Å². The summed E-state index contributed by atoms with van der Waals surface area (Å²) in [5, 5.41) is 20.5. The molecule has 1 unspecified atom stereocenters. The number of anilines is 1. The maximum Gasteiger partial charge on any atom is 0.418 e. The number of aliphatic hydroxyl groups is 2. The van der Waals surface area contributed by atoms with Gasteiger partial charge < -0.3 is 25.2 Å². The Morgan fingerprint density at radius 2 is 1.71 bits per heavy atom. The van der Waals surface area contributed by atoms with Crippen molar-refractivity contribution in [1.82, 2.24) is 4.90 Å². The Bertz CT molecular complexity index is 1200. The number of nitrogens with zero attached hydrogens (tertiary/aromatic N) is 1. The molecule has 1 aliphatic rings. The van der Waals surface area contributed by atoms with Gasteiger partial charge in [-0.1, -0.05) is 23.9 Å². The highest BCUT2D eigenvalue weighted by Crippen LogP contribution is 2.48. The van der Waals surface area contributed by atoms with Gasteiger partial charge in [0.05, 0.1) is 30.9 Å². The van der Waals surface area contributed by atoms with Gasteiger partial charge in [-0.15, -0.1) is 0 Å². The van der Waals surface area contributed by atoms with E-state index in [9.17, 15) is 41.0 Å². The second kappa shape index (κ2) is 12.2. The fourth-order valence-corrected chi connectivity index (χ4v) is 4.58. The van der Waals surface area contributed by atoms with Crippen LogP contribution in [0.15, 0.2) is 52.3 Å². The van der Waals surface area contributed by atoms with Crippen LogP contribution in [0.5, 0.6) is 0 Å². The summed E-state index contributed by atoms with van der Waals surface area (Å²) in [5.74, 6) is -1.63. The zero-order valence-electron chi connectivity index (χ0n) is 19.5. The van der Waals surface area contributed by atoms with Crippen LogP contribution >= 0.6 is 11.8 Å². The standard InChI is InChI=1S/C24H22F6N2O5S/c25-23(26,27)20-14(5-7-19(35)32-8-10-37-11-9-32)4-6-18(21(20)24(28,29)30)38-16-3-1-2-15(12-16)31-22(36)17(34)13-33/h1-7,12,17,33-34H,8-11,13H2,(H,31,36). The summed E-state index contributed by atoms with van der Waals surface area (Å²) in [6.45, 7) is 0.0252. The summed E-state index contributed by atoms with van der Waals surface area (Å²) in [7, 11) is 0. The third-order valence-electron chi connectivity index (χ3n) is 5.30. The van der Waals surface area contributed by atoms with Crippen molar-refractivity contribution in [1.29, 1.82) is 0 Å². The Balaban J connectivity index is 2.00. The Hall–Kier alpha value is -3.07. The lowest BCUT2D eigenvalue weighted by molar-refractivity contribution is -0.163. The minimum atomic E-state index is -5.40. The predicted octanol–water partition coefficient (Wildman–Crippen LogP) is 4.04. The molecule has 3 rings (SSSR count). The number of alkyl halides is 6. The van der Waals surface area contributed by atoms with Crippen LogP contribution in [0.4, 0.5) is 32.0 Å². The quantitative estimate of drug-likeness (QED) is 0.347. The average molecular weight is 565 g/mol. The molecule has 2 aromatic carbocycles. The first-order valence-electron chi connectivity index (χ1n) is 11.0. The highest BCUT2D eigenvalue weighted by atomic mass is 32.2. The van der Waals surface area contributed by atoms with Crippen molar-refractivity contribution in [3.05, 3.63) is 59.2 Å². The summed E-state index contributed by atoms with van der Waals surface area (Å²) < 4.78 is 89.3. The van der Waals surface area contributed by atoms with E-state index in [1.165, 1.54) is 29.2 Å². The third kappa shape index (κ3) is 7.49. The number of amides is 2. The number of benzene rings is 2. The van der Waals surface area contributed by atoms with Gasteiger partial charge in [-0.25, -0.2) is 0 Å². The number of halogens is 6. The zero-order valence-corrected chi connectivity index (χ0v) is 20.3. The molecule has 0 saturated carbocycles. The number of aliphatic hydroxyl groups excluding tert-OH is 2. The SMILES string of the molecule is O=C(Nc1cccc(Sc2ccc(C=CC(=O)N3CCOCC3)c(C(F)(F)F)c2C(F)(F)F)c1)C(O)CO. The van der Waals surface area contributed by atoms with Crippen LogP contribution in [-0.4, -0.2) is 65.9 Å².